The first-order valence-electron chi connectivity index (χ1n) is 8.53. The second-order valence-corrected chi connectivity index (χ2v) is 7.87. The predicted octanol–water partition coefficient (Wildman–Crippen LogP) is 2.76. The number of benzene rings is 1. The van der Waals surface area contributed by atoms with Crippen LogP contribution in [0.1, 0.15) is 42.9 Å². The summed E-state index contributed by atoms with van der Waals surface area (Å²) in [7, 11) is 0. The molecule has 1 heterocycles. The summed E-state index contributed by atoms with van der Waals surface area (Å²) >= 11 is 1.97. The maximum Gasteiger partial charge on any atom is 0.224 e. The predicted molar refractivity (Wildman–Crippen MR) is 91.1 cm³/mol. The van der Waals surface area contributed by atoms with Crippen molar-refractivity contribution >= 4 is 17.7 Å². The van der Waals surface area contributed by atoms with E-state index in [0.717, 1.165) is 25.1 Å². The molecule has 118 valence electrons. The van der Waals surface area contributed by atoms with Gasteiger partial charge in [0, 0.05) is 36.6 Å². The molecule has 0 aromatic heterocycles. The average Bonchev–Trinajstić information content (AvgIpc) is 3.29. The van der Waals surface area contributed by atoms with Crippen LogP contribution >= 0.6 is 11.8 Å². The highest BCUT2D eigenvalue weighted by molar-refractivity contribution is 7.99. The standard InChI is InChI=1S/C18H24N2OS/c21-18(11-14-12-22-10-9-19-14)20(15-6-7-15)17-8-5-13-3-1-2-4-16(13)17/h1-4,14-15,17,19H,5-12H2. The molecule has 1 saturated carbocycles. The minimum absolute atomic E-state index is 0.326. The van der Waals surface area contributed by atoms with Gasteiger partial charge in [-0.3, -0.25) is 4.79 Å². The van der Waals surface area contributed by atoms with E-state index in [1.807, 2.05) is 11.8 Å². The number of fused-ring (bicyclic) bond motifs is 1. The molecule has 1 amide bonds. The van der Waals surface area contributed by atoms with Gasteiger partial charge >= 0.3 is 0 Å². The number of aryl methyl sites for hydroxylation is 1. The number of thioether (sulfide) groups is 1. The fraction of sp³-hybridized carbons (Fsp3) is 0.611. The van der Waals surface area contributed by atoms with E-state index < -0.39 is 0 Å². The number of hydrogen-bond donors (Lipinski definition) is 1. The van der Waals surface area contributed by atoms with Crippen LogP contribution in [0.15, 0.2) is 24.3 Å². The topological polar surface area (TPSA) is 32.3 Å². The summed E-state index contributed by atoms with van der Waals surface area (Å²) < 4.78 is 0. The van der Waals surface area contributed by atoms with E-state index in [0.29, 0.717) is 30.5 Å². The highest BCUT2D eigenvalue weighted by atomic mass is 32.2. The van der Waals surface area contributed by atoms with Gasteiger partial charge in [-0.1, -0.05) is 24.3 Å². The Morgan fingerprint density at radius 1 is 1.27 bits per heavy atom. The minimum Gasteiger partial charge on any atom is -0.333 e. The lowest BCUT2D eigenvalue weighted by atomic mass is 10.1. The fourth-order valence-electron chi connectivity index (χ4n) is 3.88. The van der Waals surface area contributed by atoms with Crippen molar-refractivity contribution in [3.8, 4) is 0 Å². The van der Waals surface area contributed by atoms with Crippen molar-refractivity contribution in [1.82, 2.24) is 10.2 Å². The van der Waals surface area contributed by atoms with Crippen LogP contribution in [-0.2, 0) is 11.2 Å². The Kier molecular flexibility index (Phi) is 4.14. The molecule has 1 N–H and O–H groups in total. The van der Waals surface area contributed by atoms with Crippen molar-refractivity contribution in [3.05, 3.63) is 35.4 Å². The van der Waals surface area contributed by atoms with Gasteiger partial charge in [0.05, 0.1) is 6.04 Å². The Morgan fingerprint density at radius 2 is 2.14 bits per heavy atom. The minimum atomic E-state index is 0.326. The molecule has 2 unspecified atom stereocenters. The number of carbonyl (C=O) groups excluding carboxylic acids is 1. The molecule has 2 fully saturated rings. The van der Waals surface area contributed by atoms with Crippen molar-refractivity contribution in [2.24, 2.45) is 0 Å². The molecule has 22 heavy (non-hydrogen) atoms. The number of hydrogen-bond acceptors (Lipinski definition) is 3. The zero-order chi connectivity index (χ0) is 14.9. The average molecular weight is 316 g/mol. The van der Waals surface area contributed by atoms with Gasteiger partial charge in [0.2, 0.25) is 5.91 Å². The molecule has 3 nitrogen and oxygen atoms in total. The smallest absolute Gasteiger partial charge is 0.224 e. The van der Waals surface area contributed by atoms with Gasteiger partial charge in [-0.2, -0.15) is 11.8 Å². The van der Waals surface area contributed by atoms with Gasteiger partial charge in [0.25, 0.3) is 0 Å². The first kappa shape index (κ1) is 14.6. The molecule has 1 saturated heterocycles. The first-order valence-corrected chi connectivity index (χ1v) is 9.68. The highest BCUT2D eigenvalue weighted by Crippen LogP contribution is 2.42. The summed E-state index contributed by atoms with van der Waals surface area (Å²) in [5, 5.41) is 3.51. The third kappa shape index (κ3) is 2.91. The van der Waals surface area contributed by atoms with E-state index in [-0.39, 0.29) is 0 Å². The molecule has 4 heteroatoms. The summed E-state index contributed by atoms with van der Waals surface area (Å²) in [5.74, 6) is 2.61. The lowest BCUT2D eigenvalue weighted by molar-refractivity contribution is -0.134. The van der Waals surface area contributed by atoms with Crippen LogP contribution in [0.2, 0.25) is 0 Å². The lowest BCUT2D eigenvalue weighted by Crippen LogP contribution is -2.44. The van der Waals surface area contributed by atoms with E-state index in [2.05, 4.69) is 34.5 Å². The van der Waals surface area contributed by atoms with Crippen LogP contribution in [0.25, 0.3) is 0 Å². The first-order chi connectivity index (χ1) is 10.8. The van der Waals surface area contributed by atoms with Crippen LogP contribution in [0.5, 0.6) is 0 Å². The number of carbonyl (C=O) groups is 1. The van der Waals surface area contributed by atoms with Crippen LogP contribution < -0.4 is 5.32 Å². The molecule has 1 aromatic carbocycles. The molecule has 1 aliphatic heterocycles. The van der Waals surface area contributed by atoms with E-state index in [1.54, 1.807) is 0 Å². The molecule has 0 spiro atoms. The molecular weight excluding hydrogens is 292 g/mol. The zero-order valence-corrected chi connectivity index (χ0v) is 13.8. The Morgan fingerprint density at radius 3 is 2.91 bits per heavy atom. The highest BCUT2D eigenvalue weighted by Gasteiger charge is 2.40. The Balaban J connectivity index is 1.50. The molecule has 0 radical (unpaired) electrons. The second kappa shape index (κ2) is 6.25. The maximum atomic E-state index is 13.0. The lowest BCUT2D eigenvalue weighted by Gasteiger charge is -2.32. The Labute approximate surface area is 136 Å². The molecule has 1 aromatic rings. The quantitative estimate of drug-likeness (QED) is 0.927. The number of amides is 1. The van der Waals surface area contributed by atoms with E-state index in [9.17, 15) is 4.79 Å². The van der Waals surface area contributed by atoms with Crippen LogP contribution in [0.4, 0.5) is 0 Å². The summed E-state index contributed by atoms with van der Waals surface area (Å²) in [4.78, 5) is 15.2. The van der Waals surface area contributed by atoms with Crippen LogP contribution in [0.3, 0.4) is 0 Å². The largest absolute Gasteiger partial charge is 0.333 e. The monoisotopic (exact) mass is 316 g/mol. The molecular formula is C18H24N2OS. The summed E-state index contributed by atoms with van der Waals surface area (Å²) in [6.45, 7) is 1.04. The van der Waals surface area contributed by atoms with E-state index in [4.69, 9.17) is 0 Å². The normalized spacial score (nSPS) is 27.5. The van der Waals surface area contributed by atoms with Gasteiger partial charge in [0.1, 0.15) is 0 Å². The van der Waals surface area contributed by atoms with Crippen LogP contribution in [0, 0.1) is 0 Å². The SMILES string of the molecule is O=C(CC1CSCCN1)N(C1CC1)C1CCc2ccccc21. The summed E-state index contributed by atoms with van der Waals surface area (Å²) in [6.07, 6.45) is 5.28. The van der Waals surface area contributed by atoms with Crippen molar-refractivity contribution < 1.29 is 4.79 Å². The molecule has 0 bridgehead atoms. The van der Waals surface area contributed by atoms with Gasteiger partial charge < -0.3 is 10.2 Å². The van der Waals surface area contributed by atoms with Gasteiger partial charge in [0.15, 0.2) is 0 Å². The molecule has 3 aliphatic rings. The number of rotatable bonds is 4. The van der Waals surface area contributed by atoms with Gasteiger partial charge in [-0.25, -0.2) is 0 Å². The van der Waals surface area contributed by atoms with Crippen molar-refractivity contribution in [3.63, 3.8) is 0 Å². The maximum absolute atomic E-state index is 13.0. The third-order valence-corrected chi connectivity index (χ3v) is 6.22. The number of nitrogens with zero attached hydrogens (tertiary/aromatic N) is 1. The zero-order valence-electron chi connectivity index (χ0n) is 13.0. The third-order valence-electron chi connectivity index (χ3n) is 5.08. The second-order valence-electron chi connectivity index (χ2n) is 6.72. The van der Waals surface area contributed by atoms with Gasteiger partial charge in [-0.05, 0) is 36.8 Å². The number of nitrogens with one attached hydrogen (secondary N) is 1. The summed E-state index contributed by atoms with van der Waals surface area (Å²) in [6, 6.07) is 9.88. The van der Waals surface area contributed by atoms with E-state index >= 15 is 0 Å². The van der Waals surface area contributed by atoms with Crippen LogP contribution in [-0.4, -0.2) is 40.9 Å². The van der Waals surface area contributed by atoms with Crippen molar-refractivity contribution in [2.75, 3.05) is 18.1 Å². The fourth-order valence-corrected chi connectivity index (χ4v) is 4.82. The molecule has 2 atom stereocenters. The Hall–Kier alpha value is -1.00. The van der Waals surface area contributed by atoms with Gasteiger partial charge in [-0.15, -0.1) is 0 Å². The summed E-state index contributed by atoms with van der Waals surface area (Å²) in [5.41, 5.74) is 2.84. The van der Waals surface area contributed by atoms with Crippen molar-refractivity contribution in [1.29, 1.82) is 0 Å². The molecule has 4 rings (SSSR count). The van der Waals surface area contributed by atoms with Crippen molar-refractivity contribution in [2.45, 2.75) is 50.2 Å². The molecule has 2 aliphatic carbocycles. The Bertz CT molecular complexity index is 552. The van der Waals surface area contributed by atoms with E-state index in [1.165, 1.54) is 29.7 Å².